The number of aromatic amines is 1. The van der Waals surface area contributed by atoms with Crippen molar-refractivity contribution >= 4 is 15.9 Å². The van der Waals surface area contributed by atoms with Gasteiger partial charge in [-0.05, 0) is 22.9 Å². The Bertz CT molecular complexity index is 399. The van der Waals surface area contributed by atoms with Gasteiger partial charge in [0.25, 0.3) is 5.56 Å². The topological polar surface area (TPSA) is 42.1 Å². The first-order chi connectivity index (χ1) is 6.31. The number of pyridine rings is 1. The molecule has 3 nitrogen and oxygen atoms in total. The number of alkyl halides is 3. The van der Waals surface area contributed by atoms with Crippen LogP contribution in [0, 0.1) is 6.92 Å². The average molecular weight is 272 g/mol. The van der Waals surface area contributed by atoms with E-state index in [0.29, 0.717) is 0 Å². The first-order valence-electron chi connectivity index (χ1n) is 3.45. The monoisotopic (exact) mass is 271 g/mol. The van der Waals surface area contributed by atoms with E-state index in [2.05, 4.69) is 25.7 Å². The number of nitrogens with one attached hydrogen (secondary N) is 1. The van der Waals surface area contributed by atoms with E-state index < -0.39 is 17.7 Å². The van der Waals surface area contributed by atoms with E-state index in [-0.39, 0.29) is 10.0 Å². The molecule has 0 unspecified atom stereocenters. The highest BCUT2D eigenvalue weighted by Crippen LogP contribution is 2.30. The molecule has 1 aromatic heterocycles. The zero-order chi connectivity index (χ0) is 10.9. The summed E-state index contributed by atoms with van der Waals surface area (Å²) < 4.78 is 39.0. The maximum absolute atomic E-state index is 11.9. The van der Waals surface area contributed by atoms with Crippen LogP contribution in [0.4, 0.5) is 13.2 Å². The van der Waals surface area contributed by atoms with E-state index in [1.54, 1.807) is 0 Å². The van der Waals surface area contributed by atoms with Gasteiger partial charge >= 0.3 is 6.36 Å². The minimum atomic E-state index is -4.80. The summed E-state index contributed by atoms with van der Waals surface area (Å²) in [6.07, 6.45) is -3.66. The molecule has 0 amide bonds. The molecule has 0 radical (unpaired) electrons. The molecule has 0 aliphatic heterocycles. The van der Waals surface area contributed by atoms with Crippen molar-refractivity contribution < 1.29 is 17.9 Å². The standard InChI is InChI=1S/C7H5BrF3NO2/c1-3-2-12-6(13)4(8)5(3)14-7(9,10)11/h2H,1H3,(H,12,13). The fourth-order valence-corrected chi connectivity index (χ4v) is 1.33. The molecule has 1 aromatic rings. The van der Waals surface area contributed by atoms with E-state index in [4.69, 9.17) is 0 Å². The van der Waals surface area contributed by atoms with Crippen LogP contribution >= 0.6 is 15.9 Å². The molecule has 1 heterocycles. The molecule has 0 bridgehead atoms. The Morgan fingerprint density at radius 3 is 2.57 bits per heavy atom. The predicted octanol–water partition coefficient (Wildman–Crippen LogP) is 2.34. The van der Waals surface area contributed by atoms with Crippen molar-refractivity contribution in [3.05, 3.63) is 26.6 Å². The largest absolute Gasteiger partial charge is 0.573 e. The quantitative estimate of drug-likeness (QED) is 0.852. The summed E-state index contributed by atoms with van der Waals surface area (Å²) >= 11 is 2.71. The van der Waals surface area contributed by atoms with Gasteiger partial charge in [0.2, 0.25) is 0 Å². The number of rotatable bonds is 1. The number of H-pyrrole nitrogens is 1. The van der Waals surface area contributed by atoms with Crippen molar-refractivity contribution in [2.75, 3.05) is 0 Å². The Balaban J connectivity index is 3.20. The molecule has 0 fully saturated rings. The lowest BCUT2D eigenvalue weighted by Gasteiger charge is -2.11. The highest BCUT2D eigenvalue weighted by atomic mass is 79.9. The number of hydrogen-bond acceptors (Lipinski definition) is 2. The van der Waals surface area contributed by atoms with Crippen LogP contribution in [0.15, 0.2) is 15.5 Å². The minimum Gasteiger partial charge on any atom is -0.404 e. The molecule has 1 rings (SSSR count). The summed E-state index contributed by atoms with van der Waals surface area (Å²) in [5.74, 6) is -0.513. The van der Waals surface area contributed by atoms with Crippen LogP contribution in [0.2, 0.25) is 0 Å². The van der Waals surface area contributed by atoms with Crippen molar-refractivity contribution in [3.63, 3.8) is 0 Å². The molecule has 7 heteroatoms. The van der Waals surface area contributed by atoms with Crippen LogP contribution in [-0.2, 0) is 0 Å². The van der Waals surface area contributed by atoms with Gasteiger partial charge in [-0.15, -0.1) is 13.2 Å². The Morgan fingerprint density at radius 1 is 1.50 bits per heavy atom. The molecule has 78 valence electrons. The number of aryl methyl sites for hydroxylation is 1. The Hall–Kier alpha value is -0.980. The van der Waals surface area contributed by atoms with Gasteiger partial charge in [0.05, 0.1) is 0 Å². The SMILES string of the molecule is Cc1c[nH]c(=O)c(Br)c1OC(F)(F)F. The van der Waals surface area contributed by atoms with Gasteiger partial charge in [0, 0.05) is 11.8 Å². The van der Waals surface area contributed by atoms with E-state index in [1.807, 2.05) is 0 Å². The van der Waals surface area contributed by atoms with Gasteiger partial charge in [-0.1, -0.05) is 0 Å². The third-order valence-corrected chi connectivity index (χ3v) is 2.11. The molecule has 0 spiro atoms. The van der Waals surface area contributed by atoms with Gasteiger partial charge in [-0.2, -0.15) is 0 Å². The van der Waals surface area contributed by atoms with Crippen LogP contribution in [0.25, 0.3) is 0 Å². The summed E-state index contributed by atoms with van der Waals surface area (Å²) in [6, 6.07) is 0. The number of aromatic nitrogens is 1. The zero-order valence-corrected chi connectivity index (χ0v) is 8.49. The summed E-state index contributed by atoms with van der Waals surface area (Å²) in [5, 5.41) is 0. The van der Waals surface area contributed by atoms with E-state index in [1.165, 1.54) is 6.92 Å². The molecule has 0 saturated carbocycles. The van der Waals surface area contributed by atoms with Gasteiger partial charge in [0.1, 0.15) is 4.47 Å². The molecule has 14 heavy (non-hydrogen) atoms. The van der Waals surface area contributed by atoms with Crippen LogP contribution in [-0.4, -0.2) is 11.3 Å². The Labute approximate surface area is 85.0 Å². The van der Waals surface area contributed by atoms with Crippen LogP contribution in [0.5, 0.6) is 5.75 Å². The zero-order valence-electron chi connectivity index (χ0n) is 6.91. The van der Waals surface area contributed by atoms with Gasteiger partial charge in [0.15, 0.2) is 5.75 Å². The van der Waals surface area contributed by atoms with E-state index in [9.17, 15) is 18.0 Å². The summed E-state index contributed by atoms with van der Waals surface area (Å²) in [5.41, 5.74) is -0.483. The maximum Gasteiger partial charge on any atom is 0.573 e. The van der Waals surface area contributed by atoms with Crippen molar-refractivity contribution in [1.82, 2.24) is 4.98 Å². The molecule has 0 saturated heterocycles. The molecule has 0 aromatic carbocycles. The van der Waals surface area contributed by atoms with Gasteiger partial charge < -0.3 is 9.72 Å². The lowest BCUT2D eigenvalue weighted by atomic mass is 10.3. The Morgan fingerprint density at radius 2 is 2.07 bits per heavy atom. The first-order valence-corrected chi connectivity index (χ1v) is 4.24. The first kappa shape index (κ1) is 11.1. The number of ether oxygens (including phenoxy) is 1. The second-order valence-corrected chi connectivity index (χ2v) is 3.28. The van der Waals surface area contributed by atoms with Crippen LogP contribution < -0.4 is 10.3 Å². The van der Waals surface area contributed by atoms with Crippen molar-refractivity contribution in [3.8, 4) is 5.75 Å². The predicted molar refractivity (Wildman–Crippen MR) is 46.2 cm³/mol. The highest BCUT2D eigenvalue weighted by Gasteiger charge is 2.33. The fraction of sp³-hybridized carbons (Fsp3) is 0.286. The van der Waals surface area contributed by atoms with Gasteiger partial charge in [-0.25, -0.2) is 0 Å². The summed E-state index contributed by atoms with van der Waals surface area (Å²) in [4.78, 5) is 13.2. The minimum absolute atomic E-state index is 0.189. The van der Waals surface area contributed by atoms with Crippen LogP contribution in [0.1, 0.15) is 5.56 Å². The second-order valence-electron chi connectivity index (χ2n) is 2.49. The molecule has 0 aliphatic carbocycles. The lowest BCUT2D eigenvalue weighted by molar-refractivity contribution is -0.275. The van der Waals surface area contributed by atoms with Crippen molar-refractivity contribution in [2.24, 2.45) is 0 Å². The van der Waals surface area contributed by atoms with E-state index >= 15 is 0 Å². The van der Waals surface area contributed by atoms with E-state index in [0.717, 1.165) is 6.20 Å². The second kappa shape index (κ2) is 3.64. The number of halogens is 4. The fourth-order valence-electron chi connectivity index (χ4n) is 0.820. The molecule has 0 aliphatic rings. The third kappa shape index (κ3) is 2.50. The normalized spacial score (nSPS) is 11.5. The third-order valence-electron chi connectivity index (χ3n) is 1.39. The summed E-state index contributed by atoms with van der Waals surface area (Å²) in [7, 11) is 0. The summed E-state index contributed by atoms with van der Waals surface area (Å²) in [6.45, 7) is 1.39. The Kier molecular flexibility index (Phi) is 2.89. The average Bonchev–Trinajstić information content (AvgIpc) is 2.04. The molecular formula is C7H5BrF3NO2. The lowest BCUT2D eigenvalue weighted by Crippen LogP contribution is -2.20. The van der Waals surface area contributed by atoms with Crippen molar-refractivity contribution in [1.29, 1.82) is 0 Å². The van der Waals surface area contributed by atoms with Gasteiger partial charge in [-0.3, -0.25) is 4.79 Å². The molecule has 0 atom stereocenters. The number of hydrogen-bond donors (Lipinski definition) is 1. The van der Waals surface area contributed by atoms with Crippen LogP contribution in [0.3, 0.4) is 0 Å². The smallest absolute Gasteiger partial charge is 0.404 e. The highest BCUT2D eigenvalue weighted by molar-refractivity contribution is 9.10. The molecule has 1 N–H and O–H groups in total. The molecular weight excluding hydrogens is 267 g/mol. The van der Waals surface area contributed by atoms with Crippen molar-refractivity contribution in [2.45, 2.75) is 13.3 Å². The maximum atomic E-state index is 11.9.